The van der Waals surface area contributed by atoms with Gasteiger partial charge in [0.15, 0.2) is 0 Å². The summed E-state index contributed by atoms with van der Waals surface area (Å²) in [5.74, 6) is 0. The smallest absolute Gasteiger partial charge is 0.0970 e. The van der Waals surface area contributed by atoms with Gasteiger partial charge in [0, 0.05) is 36.4 Å². The van der Waals surface area contributed by atoms with Crippen LogP contribution in [0.3, 0.4) is 0 Å². The summed E-state index contributed by atoms with van der Waals surface area (Å²) in [6, 6.07) is 28.2. The lowest BCUT2D eigenvalue weighted by molar-refractivity contribution is 0.126. The average Bonchev–Trinajstić information content (AvgIpc) is 2.98. The Balaban J connectivity index is 1.24. The number of aryl methyl sites for hydroxylation is 1. The highest BCUT2D eigenvalue weighted by molar-refractivity contribution is 6.11. The highest BCUT2D eigenvalue weighted by Crippen LogP contribution is 2.35. The number of ether oxygens (including phenoxy) is 1. The van der Waals surface area contributed by atoms with Crippen LogP contribution in [0.1, 0.15) is 57.4 Å². The Morgan fingerprint density at radius 2 is 1.13 bits per heavy atom. The fourth-order valence-electron chi connectivity index (χ4n) is 5.24. The quantitative estimate of drug-likeness (QED) is 0.119. The monoisotopic (exact) mass is 502 g/mol. The zero-order valence-electron chi connectivity index (χ0n) is 22.5. The summed E-state index contributed by atoms with van der Waals surface area (Å²) < 4.78 is 5.73. The first-order valence-electron chi connectivity index (χ1n) is 14.2. The van der Waals surface area contributed by atoms with Crippen LogP contribution in [0.5, 0.6) is 0 Å². The van der Waals surface area contributed by atoms with E-state index in [4.69, 9.17) is 14.7 Å². The highest BCUT2D eigenvalue weighted by Gasteiger charge is 2.12. The second kappa shape index (κ2) is 13.3. The third-order valence-corrected chi connectivity index (χ3v) is 7.37. The molecule has 0 radical (unpaired) electrons. The van der Waals surface area contributed by atoms with Crippen LogP contribution in [0.2, 0.25) is 0 Å². The van der Waals surface area contributed by atoms with Crippen molar-refractivity contribution in [2.75, 3.05) is 13.2 Å². The van der Waals surface area contributed by atoms with Gasteiger partial charge in [0.05, 0.1) is 11.0 Å². The summed E-state index contributed by atoms with van der Waals surface area (Å²) in [5.41, 5.74) is 8.12. The van der Waals surface area contributed by atoms with E-state index < -0.39 is 0 Å². The van der Waals surface area contributed by atoms with Crippen LogP contribution < -0.4 is 0 Å². The molecule has 2 heterocycles. The average molecular weight is 503 g/mol. The second-order valence-electron chi connectivity index (χ2n) is 10.1. The molecule has 3 heteroatoms. The fraction of sp³-hybridized carbons (Fsp3) is 0.314. The van der Waals surface area contributed by atoms with Gasteiger partial charge in [0.2, 0.25) is 0 Å². The lowest BCUT2D eigenvalue weighted by atomic mass is 9.96. The van der Waals surface area contributed by atoms with Gasteiger partial charge in [-0.25, -0.2) is 0 Å². The van der Waals surface area contributed by atoms with Crippen LogP contribution in [-0.2, 0) is 11.2 Å². The first kappa shape index (κ1) is 26.1. The molecular weight excluding hydrogens is 464 g/mol. The van der Waals surface area contributed by atoms with Gasteiger partial charge in [-0.1, -0.05) is 99.3 Å². The molecule has 3 nitrogen and oxygen atoms in total. The van der Waals surface area contributed by atoms with Crippen LogP contribution in [0.4, 0.5) is 0 Å². The van der Waals surface area contributed by atoms with Crippen LogP contribution in [-0.4, -0.2) is 23.2 Å². The fourth-order valence-corrected chi connectivity index (χ4v) is 5.24. The third kappa shape index (κ3) is 6.28. The van der Waals surface area contributed by atoms with E-state index in [0.29, 0.717) is 0 Å². The first-order valence-corrected chi connectivity index (χ1v) is 14.2. The first-order chi connectivity index (χ1) is 18.8. The van der Waals surface area contributed by atoms with Crippen molar-refractivity contribution in [1.29, 1.82) is 0 Å². The zero-order chi connectivity index (χ0) is 26.0. The molecule has 0 bridgehead atoms. The molecule has 0 unspecified atom stereocenters. The lowest BCUT2D eigenvalue weighted by Crippen LogP contribution is -1.97. The maximum atomic E-state index is 5.73. The van der Waals surface area contributed by atoms with E-state index in [1.165, 1.54) is 72.8 Å². The summed E-state index contributed by atoms with van der Waals surface area (Å²) in [7, 11) is 0. The Labute approximate surface area is 226 Å². The number of aromatic nitrogens is 2. The standard InChI is InChI=1S/C35H38N2O/c1-2-3-10-25-38-26-11-5-4-7-12-27-15-17-29(18-16-27)31-22-24-37-35-33(31)20-19-32-30(21-23-36-34(32)35)28-13-8-6-9-14-28/h6,8-9,13-24H,2-5,7,10-12,25-26H2,1H3. The molecule has 0 N–H and O–H groups in total. The number of fused-ring (bicyclic) bond motifs is 3. The number of rotatable bonds is 13. The molecular formula is C35H38N2O. The molecule has 0 fully saturated rings. The van der Waals surface area contributed by atoms with Crippen molar-refractivity contribution in [2.24, 2.45) is 0 Å². The topological polar surface area (TPSA) is 35.0 Å². The Hall–Kier alpha value is -3.56. The van der Waals surface area contributed by atoms with E-state index in [1.807, 2.05) is 18.5 Å². The number of hydrogen-bond donors (Lipinski definition) is 0. The normalized spacial score (nSPS) is 11.4. The summed E-state index contributed by atoms with van der Waals surface area (Å²) in [4.78, 5) is 9.52. The van der Waals surface area contributed by atoms with Crippen molar-refractivity contribution in [3.8, 4) is 22.3 Å². The Morgan fingerprint density at radius 1 is 0.553 bits per heavy atom. The number of benzene rings is 3. The Bertz CT molecular complexity index is 1440. The largest absolute Gasteiger partial charge is 0.381 e. The van der Waals surface area contributed by atoms with E-state index >= 15 is 0 Å². The molecule has 0 aliphatic heterocycles. The van der Waals surface area contributed by atoms with E-state index in [0.717, 1.165) is 41.4 Å². The van der Waals surface area contributed by atoms with Crippen molar-refractivity contribution in [3.05, 3.63) is 96.8 Å². The van der Waals surface area contributed by atoms with Crippen molar-refractivity contribution >= 4 is 21.8 Å². The Morgan fingerprint density at radius 3 is 1.76 bits per heavy atom. The third-order valence-electron chi connectivity index (χ3n) is 7.37. The van der Waals surface area contributed by atoms with Gasteiger partial charge in [-0.15, -0.1) is 0 Å². The van der Waals surface area contributed by atoms with Gasteiger partial charge in [0.25, 0.3) is 0 Å². The molecule has 38 heavy (non-hydrogen) atoms. The summed E-state index contributed by atoms with van der Waals surface area (Å²) in [6.07, 6.45) is 13.6. The minimum atomic E-state index is 0.913. The maximum absolute atomic E-state index is 5.73. The number of nitrogens with zero attached hydrogens (tertiary/aromatic N) is 2. The molecule has 0 aliphatic carbocycles. The molecule has 3 aromatic carbocycles. The van der Waals surface area contributed by atoms with Gasteiger partial charge >= 0.3 is 0 Å². The van der Waals surface area contributed by atoms with E-state index in [2.05, 4.69) is 79.7 Å². The summed E-state index contributed by atoms with van der Waals surface area (Å²) >= 11 is 0. The van der Waals surface area contributed by atoms with Crippen molar-refractivity contribution in [2.45, 2.75) is 58.3 Å². The molecule has 0 saturated heterocycles. The molecule has 0 atom stereocenters. The molecule has 2 aromatic heterocycles. The summed E-state index contributed by atoms with van der Waals surface area (Å²) in [6.45, 7) is 4.07. The Kier molecular flexibility index (Phi) is 9.12. The van der Waals surface area contributed by atoms with Gasteiger partial charge in [-0.2, -0.15) is 0 Å². The molecule has 5 aromatic rings. The van der Waals surface area contributed by atoms with Crippen molar-refractivity contribution in [1.82, 2.24) is 9.97 Å². The minimum absolute atomic E-state index is 0.913. The molecule has 0 spiro atoms. The number of pyridine rings is 2. The molecule has 0 amide bonds. The molecule has 5 rings (SSSR count). The number of hydrogen-bond acceptors (Lipinski definition) is 3. The van der Waals surface area contributed by atoms with Crippen molar-refractivity contribution < 1.29 is 4.74 Å². The van der Waals surface area contributed by atoms with E-state index in [1.54, 1.807) is 0 Å². The van der Waals surface area contributed by atoms with Gasteiger partial charge in [0.1, 0.15) is 0 Å². The summed E-state index contributed by atoms with van der Waals surface area (Å²) in [5, 5.41) is 2.27. The van der Waals surface area contributed by atoms with Crippen molar-refractivity contribution in [3.63, 3.8) is 0 Å². The van der Waals surface area contributed by atoms with Gasteiger partial charge in [-0.05, 0) is 65.6 Å². The van der Waals surface area contributed by atoms with Crippen LogP contribution in [0.15, 0.2) is 91.3 Å². The predicted octanol–water partition coefficient (Wildman–Crippen LogP) is 9.43. The highest BCUT2D eigenvalue weighted by atomic mass is 16.5. The zero-order valence-corrected chi connectivity index (χ0v) is 22.5. The maximum Gasteiger partial charge on any atom is 0.0970 e. The van der Waals surface area contributed by atoms with Crippen LogP contribution in [0, 0.1) is 0 Å². The molecule has 194 valence electrons. The van der Waals surface area contributed by atoms with Crippen LogP contribution >= 0.6 is 0 Å². The second-order valence-corrected chi connectivity index (χ2v) is 10.1. The lowest BCUT2D eigenvalue weighted by Gasteiger charge is -2.11. The van der Waals surface area contributed by atoms with E-state index in [-0.39, 0.29) is 0 Å². The molecule has 0 aliphatic rings. The number of unbranched alkanes of at least 4 members (excludes halogenated alkanes) is 5. The van der Waals surface area contributed by atoms with Gasteiger partial charge < -0.3 is 4.74 Å². The predicted molar refractivity (Wildman–Crippen MR) is 160 cm³/mol. The minimum Gasteiger partial charge on any atom is -0.381 e. The van der Waals surface area contributed by atoms with Crippen LogP contribution in [0.25, 0.3) is 44.1 Å². The SMILES string of the molecule is CCCCCOCCCCCCc1ccc(-c2ccnc3c2ccc2c(-c4ccccc4)ccnc23)cc1. The van der Waals surface area contributed by atoms with Gasteiger partial charge in [-0.3, -0.25) is 9.97 Å². The van der Waals surface area contributed by atoms with E-state index in [9.17, 15) is 0 Å². The molecule has 0 saturated carbocycles.